The number of carbonyl (C=O) groups is 3. The number of amides is 3. The monoisotopic (exact) mass is 396 g/mol. The zero-order valence-corrected chi connectivity index (χ0v) is 15.5. The molecule has 1 aromatic carbocycles. The Labute approximate surface area is 149 Å². The van der Waals surface area contributed by atoms with Crippen LogP contribution in [-0.4, -0.2) is 31.1 Å². The molecule has 0 unspecified atom stereocenters. The number of carbonyl (C=O) groups excluding carboxylic acids is 3. The third kappa shape index (κ3) is 7.92. The Morgan fingerprint density at radius 2 is 2.00 bits per heavy atom. The van der Waals surface area contributed by atoms with Gasteiger partial charge in [-0.25, -0.2) is 9.59 Å². The van der Waals surface area contributed by atoms with E-state index in [0.717, 1.165) is 15.6 Å². The summed E-state index contributed by atoms with van der Waals surface area (Å²) in [4.78, 5) is 34.5. The van der Waals surface area contributed by atoms with Gasteiger partial charge in [0, 0.05) is 17.1 Å². The van der Waals surface area contributed by atoms with Crippen LogP contribution in [0.1, 0.15) is 25.0 Å². The molecule has 1 rings (SSSR count). The Balaban J connectivity index is 2.38. The Bertz CT molecular complexity index is 641. The molecule has 0 saturated carbocycles. The quantitative estimate of drug-likeness (QED) is 0.571. The predicted molar refractivity (Wildman–Crippen MR) is 95.3 cm³/mol. The van der Waals surface area contributed by atoms with E-state index in [1.807, 2.05) is 39.0 Å². The molecule has 1 aromatic rings. The summed E-state index contributed by atoms with van der Waals surface area (Å²) in [5, 5.41) is 4.61. The van der Waals surface area contributed by atoms with Crippen LogP contribution in [0.4, 0.5) is 4.79 Å². The smallest absolute Gasteiger partial charge is 0.331 e. The summed E-state index contributed by atoms with van der Waals surface area (Å²) in [6, 6.07) is 5.09. The summed E-state index contributed by atoms with van der Waals surface area (Å²) in [5.74, 6) is -1.08. The zero-order chi connectivity index (χ0) is 18.1. The number of aryl methyl sites for hydroxylation is 1. The standard InChI is InChI=1S/C17H21BrN2O4/c1-11(2)9-19-17(23)20-15(21)10-24-16(22)7-6-13-5-4-12(3)8-14(13)18/h4-8,11H,9-10H2,1-3H3,(H2,19,20,21,23)/b7-6+. The summed E-state index contributed by atoms with van der Waals surface area (Å²) in [6.45, 7) is 5.76. The Morgan fingerprint density at radius 3 is 2.62 bits per heavy atom. The van der Waals surface area contributed by atoms with Crippen molar-refractivity contribution in [3.63, 3.8) is 0 Å². The molecule has 0 aliphatic heterocycles. The number of esters is 1. The van der Waals surface area contributed by atoms with Gasteiger partial charge in [0.1, 0.15) is 0 Å². The van der Waals surface area contributed by atoms with Gasteiger partial charge in [0.2, 0.25) is 0 Å². The Hall–Kier alpha value is -2.15. The van der Waals surface area contributed by atoms with Crippen LogP contribution in [0.3, 0.4) is 0 Å². The normalized spacial score (nSPS) is 10.7. The van der Waals surface area contributed by atoms with Crippen molar-refractivity contribution < 1.29 is 19.1 Å². The summed E-state index contributed by atoms with van der Waals surface area (Å²) in [7, 11) is 0. The summed E-state index contributed by atoms with van der Waals surface area (Å²) in [5.41, 5.74) is 1.91. The van der Waals surface area contributed by atoms with Gasteiger partial charge in [-0.15, -0.1) is 0 Å². The molecule has 7 heteroatoms. The first kappa shape index (κ1) is 19.9. The van der Waals surface area contributed by atoms with E-state index in [1.54, 1.807) is 6.08 Å². The second-order valence-corrected chi connectivity index (χ2v) is 6.47. The number of ether oxygens (including phenoxy) is 1. The van der Waals surface area contributed by atoms with Gasteiger partial charge in [-0.05, 0) is 36.1 Å². The second-order valence-electron chi connectivity index (χ2n) is 5.62. The Kier molecular flexibility index (Phi) is 8.18. The van der Waals surface area contributed by atoms with E-state index in [0.29, 0.717) is 6.54 Å². The molecule has 0 atom stereocenters. The fraction of sp³-hybridized carbons (Fsp3) is 0.353. The fourth-order valence-corrected chi connectivity index (χ4v) is 2.24. The van der Waals surface area contributed by atoms with Gasteiger partial charge in [0.05, 0.1) is 0 Å². The van der Waals surface area contributed by atoms with Crippen molar-refractivity contribution in [3.05, 3.63) is 39.9 Å². The average Bonchev–Trinajstić information content (AvgIpc) is 2.50. The minimum atomic E-state index is -0.686. The second kappa shape index (κ2) is 9.87. The van der Waals surface area contributed by atoms with E-state index in [-0.39, 0.29) is 5.92 Å². The zero-order valence-electron chi connectivity index (χ0n) is 13.9. The molecule has 0 spiro atoms. The van der Waals surface area contributed by atoms with Gasteiger partial charge in [-0.3, -0.25) is 10.1 Å². The van der Waals surface area contributed by atoms with Crippen LogP contribution in [0.15, 0.2) is 28.7 Å². The maximum absolute atomic E-state index is 11.6. The largest absolute Gasteiger partial charge is 0.452 e. The number of nitrogens with one attached hydrogen (secondary N) is 2. The number of urea groups is 1. The third-order valence-electron chi connectivity index (χ3n) is 2.82. The summed E-state index contributed by atoms with van der Waals surface area (Å²) >= 11 is 3.40. The van der Waals surface area contributed by atoms with Crippen LogP contribution in [-0.2, 0) is 14.3 Å². The molecule has 130 valence electrons. The lowest BCUT2D eigenvalue weighted by Gasteiger charge is -2.08. The predicted octanol–water partition coefficient (Wildman–Crippen LogP) is 2.80. The van der Waals surface area contributed by atoms with Crippen LogP contribution in [0.25, 0.3) is 6.08 Å². The van der Waals surface area contributed by atoms with E-state index >= 15 is 0 Å². The van der Waals surface area contributed by atoms with Crippen LogP contribution in [0.2, 0.25) is 0 Å². The molecule has 6 nitrogen and oxygen atoms in total. The van der Waals surface area contributed by atoms with Crippen LogP contribution >= 0.6 is 15.9 Å². The average molecular weight is 397 g/mol. The molecular formula is C17H21BrN2O4. The maximum Gasteiger partial charge on any atom is 0.331 e. The highest BCUT2D eigenvalue weighted by atomic mass is 79.9. The van der Waals surface area contributed by atoms with Crippen molar-refractivity contribution >= 4 is 39.9 Å². The highest BCUT2D eigenvalue weighted by molar-refractivity contribution is 9.10. The number of imide groups is 1. The molecule has 0 radical (unpaired) electrons. The van der Waals surface area contributed by atoms with Crippen LogP contribution in [0, 0.1) is 12.8 Å². The first-order valence-electron chi connectivity index (χ1n) is 7.46. The highest BCUT2D eigenvalue weighted by Gasteiger charge is 2.09. The minimum absolute atomic E-state index is 0.273. The Morgan fingerprint density at radius 1 is 1.29 bits per heavy atom. The van der Waals surface area contributed by atoms with Crippen LogP contribution in [0.5, 0.6) is 0 Å². The van der Waals surface area contributed by atoms with Crippen LogP contribution < -0.4 is 10.6 Å². The van der Waals surface area contributed by atoms with Crippen molar-refractivity contribution in [2.75, 3.05) is 13.2 Å². The number of hydrogen-bond acceptors (Lipinski definition) is 4. The van der Waals surface area contributed by atoms with Gasteiger partial charge in [-0.2, -0.15) is 0 Å². The number of hydrogen-bond donors (Lipinski definition) is 2. The molecule has 0 saturated heterocycles. The van der Waals surface area contributed by atoms with E-state index in [1.165, 1.54) is 6.08 Å². The van der Waals surface area contributed by atoms with Gasteiger partial charge >= 0.3 is 12.0 Å². The van der Waals surface area contributed by atoms with E-state index < -0.39 is 24.5 Å². The number of halogens is 1. The van der Waals surface area contributed by atoms with Crippen molar-refractivity contribution in [1.29, 1.82) is 0 Å². The summed E-state index contributed by atoms with van der Waals surface area (Å²) < 4.78 is 5.64. The molecule has 24 heavy (non-hydrogen) atoms. The molecule has 0 fully saturated rings. The molecular weight excluding hydrogens is 376 g/mol. The summed E-state index contributed by atoms with van der Waals surface area (Å²) in [6.07, 6.45) is 2.81. The molecule has 0 heterocycles. The fourth-order valence-electron chi connectivity index (χ4n) is 1.61. The van der Waals surface area contributed by atoms with Gasteiger partial charge in [0.15, 0.2) is 6.61 Å². The lowest BCUT2D eigenvalue weighted by atomic mass is 10.1. The van der Waals surface area contributed by atoms with Crippen molar-refractivity contribution in [1.82, 2.24) is 10.6 Å². The van der Waals surface area contributed by atoms with Crippen molar-refractivity contribution in [2.24, 2.45) is 5.92 Å². The van der Waals surface area contributed by atoms with Crippen molar-refractivity contribution in [3.8, 4) is 0 Å². The molecule has 3 amide bonds. The van der Waals surface area contributed by atoms with E-state index in [9.17, 15) is 14.4 Å². The highest BCUT2D eigenvalue weighted by Crippen LogP contribution is 2.19. The van der Waals surface area contributed by atoms with Gasteiger partial charge in [-0.1, -0.05) is 41.9 Å². The molecule has 0 aliphatic rings. The minimum Gasteiger partial charge on any atom is -0.452 e. The topological polar surface area (TPSA) is 84.5 Å². The number of benzene rings is 1. The van der Waals surface area contributed by atoms with Crippen molar-refractivity contribution in [2.45, 2.75) is 20.8 Å². The van der Waals surface area contributed by atoms with Gasteiger partial charge < -0.3 is 10.1 Å². The molecule has 0 bridgehead atoms. The maximum atomic E-state index is 11.6. The molecule has 2 N–H and O–H groups in total. The van der Waals surface area contributed by atoms with E-state index in [2.05, 4.69) is 26.6 Å². The lowest BCUT2D eigenvalue weighted by Crippen LogP contribution is -2.42. The number of rotatable bonds is 6. The lowest BCUT2D eigenvalue weighted by molar-refractivity contribution is -0.143. The molecule has 0 aliphatic carbocycles. The third-order valence-corrected chi connectivity index (χ3v) is 3.51. The van der Waals surface area contributed by atoms with Gasteiger partial charge in [0.25, 0.3) is 5.91 Å². The first-order chi connectivity index (χ1) is 11.3. The van der Waals surface area contributed by atoms with E-state index in [4.69, 9.17) is 4.74 Å². The SMILES string of the molecule is Cc1ccc(/C=C/C(=O)OCC(=O)NC(=O)NCC(C)C)c(Br)c1. The first-order valence-corrected chi connectivity index (χ1v) is 8.26. The molecule has 0 aromatic heterocycles.